The summed E-state index contributed by atoms with van der Waals surface area (Å²) in [5, 5.41) is 11.4. The molecule has 7 nitrogen and oxygen atoms in total. The largest absolute Gasteiger partial charge is 0.322 e. The van der Waals surface area contributed by atoms with E-state index in [1.54, 1.807) is 28.9 Å². The van der Waals surface area contributed by atoms with Crippen LogP contribution >= 0.6 is 23.2 Å². The molecule has 1 aromatic heterocycles. The molecule has 3 aromatic carbocycles. The van der Waals surface area contributed by atoms with Crippen molar-refractivity contribution in [2.24, 2.45) is 5.92 Å². The van der Waals surface area contributed by atoms with Gasteiger partial charge < -0.3 is 15.5 Å². The molecule has 202 valence electrons. The average molecular weight is 565 g/mol. The van der Waals surface area contributed by atoms with Crippen LogP contribution in [0.5, 0.6) is 0 Å². The number of hydrogen-bond acceptors (Lipinski definition) is 3. The Kier molecular flexibility index (Phi) is 8.94. The Morgan fingerprint density at radius 2 is 1.67 bits per heavy atom. The van der Waals surface area contributed by atoms with Gasteiger partial charge in [-0.1, -0.05) is 79.5 Å². The Balaban J connectivity index is 1.59. The van der Waals surface area contributed by atoms with E-state index in [1.807, 2.05) is 76.2 Å². The van der Waals surface area contributed by atoms with Gasteiger partial charge in [-0.15, -0.1) is 0 Å². The molecule has 9 heteroatoms. The van der Waals surface area contributed by atoms with Crippen LogP contribution in [0.25, 0.3) is 16.9 Å². The molecular weight excluding hydrogens is 533 g/mol. The Morgan fingerprint density at radius 1 is 0.923 bits per heavy atom. The minimum Gasteiger partial charge on any atom is -0.315 e. The fourth-order valence-corrected chi connectivity index (χ4v) is 4.42. The number of nitrogens with one attached hydrogen (secondary N) is 2. The molecule has 0 bridgehead atoms. The van der Waals surface area contributed by atoms with Crippen molar-refractivity contribution in [1.82, 2.24) is 14.7 Å². The monoisotopic (exact) mass is 563 g/mol. The average Bonchev–Trinajstić information content (AvgIpc) is 3.31. The molecule has 0 saturated carbocycles. The number of carbonyl (C=O) groups is 2. The second-order valence-corrected chi connectivity index (χ2v) is 10.6. The maximum Gasteiger partial charge on any atom is 0.322 e. The van der Waals surface area contributed by atoms with Crippen molar-refractivity contribution in [1.29, 1.82) is 0 Å². The molecule has 2 N–H and O–H groups in total. The van der Waals surface area contributed by atoms with E-state index in [0.29, 0.717) is 33.8 Å². The molecule has 39 heavy (non-hydrogen) atoms. The van der Waals surface area contributed by atoms with Crippen LogP contribution in [-0.2, 0) is 4.79 Å². The number of rotatable bonds is 8. The van der Waals surface area contributed by atoms with Gasteiger partial charge in [-0.3, -0.25) is 4.79 Å². The minimum absolute atomic E-state index is 0.137. The van der Waals surface area contributed by atoms with Crippen LogP contribution in [0.3, 0.4) is 0 Å². The highest BCUT2D eigenvalue weighted by molar-refractivity contribution is 6.42. The quantitative estimate of drug-likeness (QED) is 0.231. The third kappa shape index (κ3) is 6.99. The van der Waals surface area contributed by atoms with Crippen LogP contribution in [0.15, 0.2) is 72.8 Å². The van der Waals surface area contributed by atoms with Gasteiger partial charge in [0.1, 0.15) is 12.4 Å². The number of aryl methyl sites for hydroxylation is 1. The Morgan fingerprint density at radius 3 is 2.36 bits per heavy atom. The van der Waals surface area contributed by atoms with Crippen LogP contribution in [0.2, 0.25) is 10.0 Å². The van der Waals surface area contributed by atoms with Crippen molar-refractivity contribution in [2.75, 3.05) is 23.7 Å². The van der Waals surface area contributed by atoms with Crippen molar-refractivity contribution in [2.45, 2.75) is 27.7 Å². The Bertz CT molecular complexity index is 1480. The molecule has 0 radical (unpaired) electrons. The summed E-state index contributed by atoms with van der Waals surface area (Å²) in [6.07, 6.45) is 0. The zero-order valence-corrected chi connectivity index (χ0v) is 23.8. The number of anilines is 2. The predicted molar refractivity (Wildman–Crippen MR) is 159 cm³/mol. The summed E-state index contributed by atoms with van der Waals surface area (Å²) in [5.74, 6) is 0.248. The van der Waals surface area contributed by atoms with Crippen molar-refractivity contribution < 1.29 is 9.59 Å². The smallest absolute Gasteiger partial charge is 0.315 e. The molecule has 0 atom stereocenters. The first-order valence-corrected chi connectivity index (χ1v) is 13.4. The van der Waals surface area contributed by atoms with E-state index in [-0.39, 0.29) is 24.4 Å². The third-order valence-electron chi connectivity index (χ3n) is 6.25. The summed E-state index contributed by atoms with van der Waals surface area (Å²) >= 11 is 12.4. The Hall–Kier alpha value is -3.81. The number of nitrogens with zero attached hydrogens (tertiary/aromatic N) is 3. The van der Waals surface area contributed by atoms with Gasteiger partial charge in [-0.2, -0.15) is 5.10 Å². The molecule has 3 amide bonds. The normalized spacial score (nSPS) is 10.9. The van der Waals surface area contributed by atoms with E-state index in [0.717, 1.165) is 22.4 Å². The van der Waals surface area contributed by atoms with E-state index < -0.39 is 0 Å². The number of hydrogen-bond donors (Lipinski definition) is 2. The van der Waals surface area contributed by atoms with Gasteiger partial charge in [0.2, 0.25) is 5.91 Å². The predicted octanol–water partition coefficient (Wildman–Crippen LogP) is 7.59. The zero-order chi connectivity index (χ0) is 28.1. The van der Waals surface area contributed by atoms with Crippen molar-refractivity contribution in [3.8, 4) is 16.9 Å². The number of carbonyl (C=O) groups excluding carboxylic acids is 2. The molecule has 0 spiro atoms. The topological polar surface area (TPSA) is 79.3 Å². The van der Waals surface area contributed by atoms with Gasteiger partial charge in [0.15, 0.2) is 0 Å². The molecule has 0 aliphatic heterocycles. The maximum atomic E-state index is 13.3. The van der Waals surface area contributed by atoms with Crippen molar-refractivity contribution in [3.05, 3.63) is 94.0 Å². The van der Waals surface area contributed by atoms with Crippen LogP contribution in [0, 0.1) is 19.8 Å². The first-order valence-electron chi connectivity index (χ1n) is 12.6. The maximum absolute atomic E-state index is 13.3. The lowest BCUT2D eigenvalue weighted by Gasteiger charge is -2.25. The van der Waals surface area contributed by atoms with E-state index >= 15 is 0 Å². The SMILES string of the molecule is Cc1cccc(NC(=O)N(CC(=O)Nc2cc(-c3ccccc3)nn2-c2ccc(Cl)c(Cl)c2)CC(C)C)c1C. The van der Waals surface area contributed by atoms with E-state index in [1.165, 1.54) is 4.90 Å². The number of amides is 3. The van der Waals surface area contributed by atoms with Gasteiger partial charge in [0.05, 0.1) is 21.4 Å². The van der Waals surface area contributed by atoms with Crippen molar-refractivity contribution >= 4 is 46.6 Å². The highest BCUT2D eigenvalue weighted by Gasteiger charge is 2.21. The van der Waals surface area contributed by atoms with Crippen LogP contribution in [0.1, 0.15) is 25.0 Å². The second kappa shape index (κ2) is 12.4. The lowest BCUT2D eigenvalue weighted by Crippen LogP contribution is -2.42. The fourth-order valence-electron chi connectivity index (χ4n) is 4.13. The van der Waals surface area contributed by atoms with Crippen LogP contribution in [-0.4, -0.2) is 39.7 Å². The standard InChI is InChI=1S/C30H31Cl2N5O2/c1-19(2)17-36(30(39)33-26-12-8-9-20(3)21(26)4)18-29(38)34-28-16-27(22-10-6-5-7-11-22)35-37(28)23-13-14-24(31)25(32)15-23/h5-16,19H,17-18H2,1-4H3,(H,33,39)(H,34,38). The summed E-state index contributed by atoms with van der Waals surface area (Å²) in [6, 6.07) is 22.0. The highest BCUT2D eigenvalue weighted by atomic mass is 35.5. The summed E-state index contributed by atoms with van der Waals surface area (Å²) in [5.41, 5.74) is 4.97. The van der Waals surface area contributed by atoms with Gasteiger partial charge in [0, 0.05) is 23.9 Å². The van der Waals surface area contributed by atoms with E-state index in [4.69, 9.17) is 28.3 Å². The number of benzene rings is 3. The van der Waals surface area contributed by atoms with E-state index in [2.05, 4.69) is 10.6 Å². The number of aromatic nitrogens is 2. The van der Waals surface area contributed by atoms with Crippen LogP contribution in [0.4, 0.5) is 16.3 Å². The van der Waals surface area contributed by atoms with Crippen molar-refractivity contribution in [3.63, 3.8) is 0 Å². The number of urea groups is 1. The van der Waals surface area contributed by atoms with Gasteiger partial charge in [-0.25, -0.2) is 9.48 Å². The van der Waals surface area contributed by atoms with Crippen LogP contribution < -0.4 is 10.6 Å². The fraction of sp³-hybridized carbons (Fsp3) is 0.233. The molecular formula is C30H31Cl2N5O2. The summed E-state index contributed by atoms with van der Waals surface area (Å²) in [6.45, 7) is 8.22. The lowest BCUT2D eigenvalue weighted by atomic mass is 10.1. The first kappa shape index (κ1) is 28.2. The molecule has 0 aliphatic rings. The Labute approximate surface area is 238 Å². The molecule has 0 aliphatic carbocycles. The van der Waals surface area contributed by atoms with Gasteiger partial charge in [0.25, 0.3) is 0 Å². The summed E-state index contributed by atoms with van der Waals surface area (Å²) in [4.78, 5) is 28.1. The summed E-state index contributed by atoms with van der Waals surface area (Å²) < 4.78 is 1.60. The summed E-state index contributed by atoms with van der Waals surface area (Å²) in [7, 11) is 0. The molecule has 0 fully saturated rings. The molecule has 0 saturated heterocycles. The second-order valence-electron chi connectivity index (χ2n) is 9.79. The number of halogens is 2. The molecule has 4 aromatic rings. The zero-order valence-electron chi connectivity index (χ0n) is 22.3. The molecule has 4 rings (SSSR count). The molecule has 1 heterocycles. The third-order valence-corrected chi connectivity index (χ3v) is 6.99. The minimum atomic E-state index is -0.354. The van der Waals surface area contributed by atoms with Gasteiger partial charge >= 0.3 is 6.03 Å². The molecule has 0 unspecified atom stereocenters. The lowest BCUT2D eigenvalue weighted by molar-refractivity contribution is -0.116. The first-order chi connectivity index (χ1) is 18.6. The van der Waals surface area contributed by atoms with E-state index in [9.17, 15) is 9.59 Å². The highest BCUT2D eigenvalue weighted by Crippen LogP contribution is 2.29. The van der Waals surface area contributed by atoms with Gasteiger partial charge in [-0.05, 0) is 55.2 Å².